The Kier molecular flexibility index (Phi) is 5.33. The van der Waals surface area contributed by atoms with Gasteiger partial charge in [-0.2, -0.15) is 0 Å². The number of rotatable bonds is 5. The number of para-hydroxylation sites is 2. The van der Waals surface area contributed by atoms with Crippen LogP contribution in [0.1, 0.15) is 29.2 Å². The van der Waals surface area contributed by atoms with E-state index in [-0.39, 0.29) is 12.1 Å². The third-order valence-corrected chi connectivity index (χ3v) is 6.07. The third kappa shape index (κ3) is 3.40. The third-order valence-electron chi connectivity index (χ3n) is 5.76. The molecule has 7 heteroatoms. The number of pyridine rings is 2. The van der Waals surface area contributed by atoms with E-state index >= 15 is 0 Å². The standard InChI is InChI=1S/C25H23N5OS/c1-17-12-13-21(29(17)18-8-7-14-26-16-18)24-23(19-9-5-6-15-27-19)28-25(32)30(24)20-10-3-4-11-22(20)31-2/h3-16,23-24H,1-2H3,(H,28,32). The van der Waals surface area contributed by atoms with Crippen LogP contribution in [0.3, 0.4) is 0 Å². The highest BCUT2D eigenvalue weighted by Crippen LogP contribution is 2.45. The Morgan fingerprint density at radius 2 is 1.81 bits per heavy atom. The Balaban J connectivity index is 1.72. The van der Waals surface area contributed by atoms with Crippen molar-refractivity contribution in [3.63, 3.8) is 0 Å². The molecule has 0 bridgehead atoms. The normalized spacial score (nSPS) is 17.9. The molecule has 5 rings (SSSR count). The molecule has 1 fully saturated rings. The lowest BCUT2D eigenvalue weighted by Gasteiger charge is -2.30. The minimum absolute atomic E-state index is 0.140. The van der Waals surface area contributed by atoms with Gasteiger partial charge in [0.2, 0.25) is 0 Å². The molecule has 1 N–H and O–H groups in total. The molecule has 1 aromatic carbocycles. The first kappa shape index (κ1) is 20.2. The molecule has 0 radical (unpaired) electrons. The van der Waals surface area contributed by atoms with Gasteiger partial charge in [0.15, 0.2) is 5.11 Å². The zero-order chi connectivity index (χ0) is 22.1. The number of aromatic nitrogens is 3. The summed E-state index contributed by atoms with van der Waals surface area (Å²) in [7, 11) is 1.68. The molecule has 2 unspecified atom stereocenters. The molecule has 1 saturated heterocycles. The molecule has 4 heterocycles. The molecule has 1 aliphatic heterocycles. The Morgan fingerprint density at radius 3 is 2.56 bits per heavy atom. The smallest absolute Gasteiger partial charge is 0.174 e. The molecule has 32 heavy (non-hydrogen) atoms. The number of anilines is 1. The number of aryl methyl sites for hydroxylation is 1. The largest absolute Gasteiger partial charge is 0.495 e. The number of nitrogens with one attached hydrogen (secondary N) is 1. The first-order chi connectivity index (χ1) is 15.7. The maximum Gasteiger partial charge on any atom is 0.174 e. The molecule has 4 aromatic rings. The highest BCUT2D eigenvalue weighted by Gasteiger charge is 2.43. The van der Waals surface area contributed by atoms with Gasteiger partial charge in [0.05, 0.1) is 36.4 Å². The molecule has 0 saturated carbocycles. The summed E-state index contributed by atoms with van der Waals surface area (Å²) in [6.45, 7) is 2.10. The molecule has 3 aromatic heterocycles. The van der Waals surface area contributed by atoms with Crippen LogP contribution in [0.5, 0.6) is 5.75 Å². The maximum atomic E-state index is 5.86. The molecular formula is C25H23N5OS. The van der Waals surface area contributed by atoms with Crippen LogP contribution in [-0.2, 0) is 0 Å². The van der Waals surface area contributed by atoms with E-state index in [1.807, 2.05) is 60.9 Å². The lowest BCUT2D eigenvalue weighted by atomic mass is 10.0. The number of benzene rings is 1. The summed E-state index contributed by atoms with van der Waals surface area (Å²) in [5.74, 6) is 0.763. The molecule has 6 nitrogen and oxygen atoms in total. The van der Waals surface area contributed by atoms with Crippen LogP contribution in [-0.4, -0.2) is 26.8 Å². The van der Waals surface area contributed by atoms with Gasteiger partial charge < -0.3 is 19.5 Å². The fourth-order valence-electron chi connectivity index (χ4n) is 4.37. The highest BCUT2D eigenvalue weighted by molar-refractivity contribution is 7.80. The van der Waals surface area contributed by atoms with E-state index in [1.54, 1.807) is 13.3 Å². The maximum absolute atomic E-state index is 5.86. The highest BCUT2D eigenvalue weighted by atomic mass is 32.1. The van der Waals surface area contributed by atoms with Crippen molar-refractivity contribution < 1.29 is 4.74 Å². The van der Waals surface area contributed by atoms with Gasteiger partial charge in [-0.05, 0) is 67.7 Å². The Labute approximate surface area is 192 Å². The second-order valence-electron chi connectivity index (χ2n) is 7.61. The van der Waals surface area contributed by atoms with Gasteiger partial charge in [-0.25, -0.2) is 0 Å². The second-order valence-corrected chi connectivity index (χ2v) is 8.00. The lowest BCUT2D eigenvalue weighted by molar-refractivity contribution is 0.414. The first-order valence-corrected chi connectivity index (χ1v) is 10.8. The molecule has 1 aliphatic rings. The van der Waals surface area contributed by atoms with Crippen molar-refractivity contribution in [3.05, 3.63) is 102 Å². The lowest BCUT2D eigenvalue weighted by Crippen LogP contribution is -2.30. The van der Waals surface area contributed by atoms with Gasteiger partial charge in [-0.15, -0.1) is 0 Å². The van der Waals surface area contributed by atoms with Crippen molar-refractivity contribution >= 4 is 23.0 Å². The van der Waals surface area contributed by atoms with E-state index < -0.39 is 0 Å². The Hall–Kier alpha value is -3.71. The van der Waals surface area contributed by atoms with Crippen LogP contribution in [0, 0.1) is 6.92 Å². The summed E-state index contributed by atoms with van der Waals surface area (Å²) in [4.78, 5) is 11.1. The van der Waals surface area contributed by atoms with Crippen molar-refractivity contribution in [1.29, 1.82) is 0 Å². The van der Waals surface area contributed by atoms with Crippen molar-refractivity contribution in [2.45, 2.75) is 19.0 Å². The van der Waals surface area contributed by atoms with Gasteiger partial charge in [0.25, 0.3) is 0 Å². The topological polar surface area (TPSA) is 55.2 Å². The minimum Gasteiger partial charge on any atom is -0.495 e. The van der Waals surface area contributed by atoms with E-state index in [4.69, 9.17) is 17.0 Å². The van der Waals surface area contributed by atoms with Gasteiger partial charge in [0.1, 0.15) is 11.8 Å². The summed E-state index contributed by atoms with van der Waals surface area (Å²) in [6.07, 6.45) is 5.47. The van der Waals surface area contributed by atoms with Gasteiger partial charge in [-0.1, -0.05) is 18.2 Å². The van der Waals surface area contributed by atoms with E-state index in [1.165, 1.54) is 0 Å². The molecule has 2 atom stereocenters. The van der Waals surface area contributed by atoms with Gasteiger partial charge >= 0.3 is 0 Å². The number of thiocarbonyl (C=S) groups is 1. The molecule has 0 aliphatic carbocycles. The average Bonchev–Trinajstić information content (AvgIpc) is 3.39. The first-order valence-electron chi connectivity index (χ1n) is 10.4. The second kappa shape index (κ2) is 8.43. The monoisotopic (exact) mass is 441 g/mol. The summed E-state index contributed by atoms with van der Waals surface area (Å²) >= 11 is 5.86. The SMILES string of the molecule is COc1ccccc1N1C(=S)NC(c2ccccn2)C1c1ccc(C)n1-c1cccnc1. The fraction of sp³-hybridized carbons (Fsp3) is 0.160. The zero-order valence-electron chi connectivity index (χ0n) is 17.8. The molecule has 0 spiro atoms. The van der Waals surface area contributed by atoms with E-state index in [2.05, 4.69) is 49.9 Å². The van der Waals surface area contributed by atoms with Crippen LogP contribution in [0.2, 0.25) is 0 Å². The quantitative estimate of drug-likeness (QED) is 0.451. The number of ether oxygens (including phenoxy) is 1. The van der Waals surface area contributed by atoms with E-state index in [0.29, 0.717) is 5.11 Å². The van der Waals surface area contributed by atoms with Crippen LogP contribution in [0.25, 0.3) is 5.69 Å². The summed E-state index contributed by atoms with van der Waals surface area (Å²) in [5, 5.41) is 4.15. The summed E-state index contributed by atoms with van der Waals surface area (Å²) < 4.78 is 7.92. The molecular weight excluding hydrogens is 418 g/mol. The van der Waals surface area contributed by atoms with Crippen molar-refractivity contribution in [1.82, 2.24) is 19.9 Å². The Morgan fingerprint density at radius 1 is 0.969 bits per heavy atom. The predicted octanol–water partition coefficient (Wildman–Crippen LogP) is 4.76. The van der Waals surface area contributed by atoms with Gasteiger partial charge in [-0.3, -0.25) is 9.97 Å². The van der Waals surface area contributed by atoms with E-state index in [9.17, 15) is 0 Å². The van der Waals surface area contributed by atoms with Crippen molar-refractivity contribution in [2.75, 3.05) is 12.0 Å². The fourth-order valence-corrected chi connectivity index (χ4v) is 4.71. The number of hydrogen-bond donors (Lipinski definition) is 1. The van der Waals surface area contributed by atoms with Crippen molar-refractivity contribution in [2.24, 2.45) is 0 Å². The summed E-state index contributed by atoms with van der Waals surface area (Å²) in [5.41, 5.74) is 5.04. The number of hydrogen-bond acceptors (Lipinski definition) is 4. The predicted molar refractivity (Wildman–Crippen MR) is 129 cm³/mol. The van der Waals surface area contributed by atoms with Crippen LogP contribution in [0.4, 0.5) is 5.69 Å². The summed E-state index contributed by atoms with van der Waals surface area (Å²) in [6, 6.07) is 21.9. The number of methoxy groups -OCH3 is 1. The van der Waals surface area contributed by atoms with Crippen LogP contribution < -0.4 is 15.0 Å². The van der Waals surface area contributed by atoms with Crippen molar-refractivity contribution in [3.8, 4) is 11.4 Å². The average molecular weight is 442 g/mol. The molecule has 0 amide bonds. The van der Waals surface area contributed by atoms with Gasteiger partial charge in [0, 0.05) is 23.8 Å². The molecule has 160 valence electrons. The Bertz CT molecular complexity index is 1240. The number of nitrogens with zero attached hydrogens (tertiary/aromatic N) is 4. The minimum atomic E-state index is -0.150. The zero-order valence-corrected chi connectivity index (χ0v) is 18.7. The van der Waals surface area contributed by atoms with Crippen LogP contribution in [0.15, 0.2) is 85.3 Å². The van der Waals surface area contributed by atoms with E-state index in [0.717, 1.165) is 34.2 Å². The van der Waals surface area contributed by atoms with Crippen LogP contribution >= 0.6 is 12.2 Å².